The third kappa shape index (κ3) is 2.52. The number of rotatable bonds is 4. The van der Waals surface area contributed by atoms with Crippen molar-refractivity contribution in [2.75, 3.05) is 5.73 Å². The Kier molecular flexibility index (Phi) is 3.51. The monoisotopic (exact) mass is 297 g/mol. The van der Waals surface area contributed by atoms with Crippen LogP contribution in [0.5, 0.6) is 0 Å². The molecule has 2 N–H and O–H groups in total. The van der Waals surface area contributed by atoms with E-state index in [9.17, 15) is 0 Å². The summed E-state index contributed by atoms with van der Waals surface area (Å²) in [6.07, 6.45) is 4.98. The predicted octanol–water partition coefficient (Wildman–Crippen LogP) is 2.19. The molecule has 2 aromatic rings. The van der Waals surface area contributed by atoms with Crippen LogP contribution in [0.1, 0.15) is 24.6 Å². The van der Waals surface area contributed by atoms with Crippen molar-refractivity contribution in [3.05, 3.63) is 28.1 Å². The zero-order chi connectivity index (χ0) is 12.4. The van der Waals surface area contributed by atoms with Crippen LogP contribution >= 0.6 is 15.9 Å². The summed E-state index contributed by atoms with van der Waals surface area (Å²) in [5.74, 6) is 0.658. The maximum Gasteiger partial charge on any atom is 0.136 e. The van der Waals surface area contributed by atoms with Gasteiger partial charge in [0.25, 0.3) is 0 Å². The molecule has 6 heteroatoms. The highest BCUT2D eigenvalue weighted by atomic mass is 79.9. The van der Waals surface area contributed by atoms with Gasteiger partial charge >= 0.3 is 0 Å². The Morgan fingerprint density at radius 2 is 2.24 bits per heavy atom. The second-order valence-corrected chi connectivity index (χ2v) is 4.85. The molecule has 0 spiro atoms. The third-order valence-corrected chi connectivity index (χ3v) is 3.54. The van der Waals surface area contributed by atoms with Gasteiger partial charge in [0.15, 0.2) is 0 Å². The van der Waals surface area contributed by atoms with E-state index >= 15 is 0 Å². The fraction of sp³-hybridized carbons (Fsp3) is 0.455. The Morgan fingerprint density at radius 3 is 2.82 bits per heavy atom. The van der Waals surface area contributed by atoms with Crippen molar-refractivity contribution in [3.63, 3.8) is 0 Å². The number of nitrogens with two attached hydrogens (primary N) is 1. The van der Waals surface area contributed by atoms with E-state index in [4.69, 9.17) is 5.73 Å². The minimum absolute atomic E-state index is 0.655. The van der Waals surface area contributed by atoms with Gasteiger partial charge in [0.1, 0.15) is 5.82 Å². The van der Waals surface area contributed by atoms with Crippen molar-refractivity contribution < 1.29 is 0 Å². The summed E-state index contributed by atoms with van der Waals surface area (Å²) in [6.45, 7) is 5.66. The van der Waals surface area contributed by atoms with E-state index in [0.29, 0.717) is 12.4 Å². The van der Waals surface area contributed by atoms with Gasteiger partial charge in [-0.05, 0) is 29.3 Å². The second kappa shape index (κ2) is 4.91. The van der Waals surface area contributed by atoms with Crippen LogP contribution in [0.4, 0.5) is 5.82 Å². The Morgan fingerprint density at radius 1 is 1.47 bits per heavy atom. The summed E-state index contributed by atoms with van der Waals surface area (Å²) in [5, 5.41) is 8.65. The van der Waals surface area contributed by atoms with Crippen LogP contribution in [0.25, 0.3) is 0 Å². The molecule has 0 bridgehead atoms. The van der Waals surface area contributed by atoms with E-state index in [2.05, 4.69) is 33.1 Å². The molecule has 2 heterocycles. The lowest BCUT2D eigenvalue weighted by atomic mass is 10.3. The molecule has 0 fully saturated rings. The SMILES string of the molecule is CCCn1cc(Cn2nc(C)c(Br)c2N)cn1. The van der Waals surface area contributed by atoms with Gasteiger partial charge in [-0.1, -0.05) is 6.92 Å². The van der Waals surface area contributed by atoms with Gasteiger partial charge in [-0.25, -0.2) is 4.68 Å². The Hall–Kier alpha value is -1.30. The normalized spacial score (nSPS) is 11.0. The smallest absolute Gasteiger partial charge is 0.136 e. The quantitative estimate of drug-likeness (QED) is 0.941. The molecule has 17 heavy (non-hydrogen) atoms. The molecule has 2 rings (SSSR count). The molecule has 0 unspecified atom stereocenters. The molecular weight excluding hydrogens is 282 g/mol. The zero-order valence-electron chi connectivity index (χ0n) is 10.0. The van der Waals surface area contributed by atoms with Gasteiger partial charge < -0.3 is 5.73 Å². The predicted molar refractivity (Wildman–Crippen MR) is 70.7 cm³/mol. The molecular formula is C11H16BrN5. The lowest BCUT2D eigenvalue weighted by Crippen LogP contribution is -2.05. The maximum absolute atomic E-state index is 5.94. The number of aromatic nitrogens is 4. The van der Waals surface area contributed by atoms with Crippen LogP contribution in [-0.4, -0.2) is 19.6 Å². The Balaban J connectivity index is 2.16. The molecule has 0 aliphatic heterocycles. The van der Waals surface area contributed by atoms with Gasteiger partial charge in [0.05, 0.1) is 22.9 Å². The highest BCUT2D eigenvalue weighted by molar-refractivity contribution is 9.10. The van der Waals surface area contributed by atoms with E-state index in [1.807, 2.05) is 24.0 Å². The molecule has 0 saturated carbocycles. The van der Waals surface area contributed by atoms with Crippen molar-refractivity contribution in [2.45, 2.75) is 33.4 Å². The van der Waals surface area contributed by atoms with Crippen LogP contribution in [0.3, 0.4) is 0 Å². The van der Waals surface area contributed by atoms with Gasteiger partial charge in [0.2, 0.25) is 0 Å². The molecule has 0 amide bonds. The fourth-order valence-corrected chi connectivity index (χ4v) is 1.99. The molecule has 92 valence electrons. The number of nitrogens with zero attached hydrogens (tertiary/aromatic N) is 4. The minimum Gasteiger partial charge on any atom is -0.383 e. The average molecular weight is 298 g/mol. The van der Waals surface area contributed by atoms with Gasteiger partial charge in [-0.2, -0.15) is 10.2 Å². The van der Waals surface area contributed by atoms with E-state index in [-0.39, 0.29) is 0 Å². The van der Waals surface area contributed by atoms with Gasteiger partial charge in [-0.15, -0.1) is 0 Å². The van der Waals surface area contributed by atoms with Crippen molar-refractivity contribution in [2.24, 2.45) is 0 Å². The highest BCUT2D eigenvalue weighted by Gasteiger charge is 2.10. The first-order valence-corrected chi connectivity index (χ1v) is 6.40. The third-order valence-electron chi connectivity index (χ3n) is 2.56. The minimum atomic E-state index is 0.655. The number of hydrogen-bond acceptors (Lipinski definition) is 3. The molecule has 0 saturated heterocycles. The number of hydrogen-bond donors (Lipinski definition) is 1. The lowest BCUT2D eigenvalue weighted by molar-refractivity contribution is 0.601. The first-order valence-electron chi connectivity index (χ1n) is 5.61. The summed E-state index contributed by atoms with van der Waals surface area (Å²) in [4.78, 5) is 0. The van der Waals surface area contributed by atoms with E-state index in [1.165, 1.54) is 0 Å². The first kappa shape index (κ1) is 12.2. The summed E-state index contributed by atoms with van der Waals surface area (Å²) in [6, 6.07) is 0. The molecule has 0 atom stereocenters. The van der Waals surface area contributed by atoms with Gasteiger partial charge in [0, 0.05) is 18.3 Å². The molecule has 0 aliphatic rings. The maximum atomic E-state index is 5.94. The number of aryl methyl sites for hydroxylation is 2. The van der Waals surface area contributed by atoms with Crippen LogP contribution in [0.15, 0.2) is 16.9 Å². The number of anilines is 1. The fourth-order valence-electron chi connectivity index (χ4n) is 1.71. The summed E-state index contributed by atoms with van der Waals surface area (Å²) >= 11 is 3.41. The second-order valence-electron chi connectivity index (χ2n) is 4.05. The van der Waals surface area contributed by atoms with Crippen LogP contribution < -0.4 is 5.73 Å². The van der Waals surface area contributed by atoms with Gasteiger partial charge in [-0.3, -0.25) is 4.68 Å². The zero-order valence-corrected chi connectivity index (χ0v) is 11.6. The largest absolute Gasteiger partial charge is 0.383 e. The van der Waals surface area contributed by atoms with E-state index in [1.54, 1.807) is 4.68 Å². The summed E-state index contributed by atoms with van der Waals surface area (Å²) in [7, 11) is 0. The van der Waals surface area contributed by atoms with E-state index < -0.39 is 0 Å². The molecule has 0 aromatic carbocycles. The first-order chi connectivity index (χ1) is 8.11. The highest BCUT2D eigenvalue weighted by Crippen LogP contribution is 2.23. The summed E-state index contributed by atoms with van der Waals surface area (Å²) < 4.78 is 4.60. The molecule has 0 aliphatic carbocycles. The molecule has 0 radical (unpaired) electrons. The van der Waals surface area contributed by atoms with Crippen molar-refractivity contribution in [1.29, 1.82) is 0 Å². The molecule has 2 aromatic heterocycles. The Bertz CT molecular complexity index is 514. The number of nitrogen functional groups attached to an aromatic ring is 1. The summed E-state index contributed by atoms with van der Waals surface area (Å²) in [5.41, 5.74) is 7.96. The van der Waals surface area contributed by atoms with Crippen LogP contribution in [0, 0.1) is 6.92 Å². The average Bonchev–Trinajstić information content (AvgIpc) is 2.82. The van der Waals surface area contributed by atoms with Crippen molar-refractivity contribution in [3.8, 4) is 0 Å². The van der Waals surface area contributed by atoms with Crippen molar-refractivity contribution in [1.82, 2.24) is 19.6 Å². The number of halogens is 1. The molecule has 5 nitrogen and oxygen atoms in total. The van der Waals surface area contributed by atoms with Crippen LogP contribution in [0.2, 0.25) is 0 Å². The van der Waals surface area contributed by atoms with Crippen LogP contribution in [-0.2, 0) is 13.1 Å². The van der Waals surface area contributed by atoms with E-state index in [0.717, 1.165) is 28.7 Å². The topological polar surface area (TPSA) is 61.7 Å². The standard InChI is InChI=1S/C11H16BrN5/c1-3-4-16-6-9(5-14-16)7-17-11(13)10(12)8(2)15-17/h5-6H,3-4,7,13H2,1-2H3. The van der Waals surface area contributed by atoms with Crippen molar-refractivity contribution >= 4 is 21.7 Å². The Labute approximate surface area is 109 Å². The lowest BCUT2D eigenvalue weighted by Gasteiger charge is -2.01.